The van der Waals surface area contributed by atoms with Crippen molar-refractivity contribution in [3.8, 4) is 0 Å². The van der Waals surface area contributed by atoms with Crippen molar-refractivity contribution in [1.82, 2.24) is 24.6 Å². The van der Waals surface area contributed by atoms with E-state index in [0.717, 1.165) is 10.3 Å². The molecule has 0 saturated heterocycles. The van der Waals surface area contributed by atoms with Crippen LogP contribution in [0.5, 0.6) is 0 Å². The number of benzene rings is 1. The lowest BCUT2D eigenvalue weighted by molar-refractivity contribution is -0.146. The van der Waals surface area contributed by atoms with Crippen LogP contribution in [0.25, 0.3) is 11.0 Å². The number of imidazole rings is 1. The molecule has 1 aromatic carbocycles. The van der Waals surface area contributed by atoms with Gasteiger partial charge in [-0.05, 0) is 38.5 Å². The molecular formula is C19H22F3N5O. The van der Waals surface area contributed by atoms with E-state index in [1.54, 1.807) is 28.9 Å². The summed E-state index contributed by atoms with van der Waals surface area (Å²) in [5, 5.41) is 7.12. The lowest BCUT2D eigenvalue weighted by Gasteiger charge is -2.15. The van der Waals surface area contributed by atoms with Crippen molar-refractivity contribution < 1.29 is 18.0 Å². The van der Waals surface area contributed by atoms with Gasteiger partial charge in [0.05, 0.1) is 23.3 Å². The zero-order valence-electron chi connectivity index (χ0n) is 15.7. The normalized spacial score (nSPS) is 13.0. The summed E-state index contributed by atoms with van der Waals surface area (Å²) < 4.78 is 42.7. The minimum absolute atomic E-state index is 0.0650. The molecule has 0 saturated carbocycles. The Balaban J connectivity index is 1.58. The van der Waals surface area contributed by atoms with Gasteiger partial charge in [-0.2, -0.15) is 18.3 Å². The number of hydrogen-bond acceptors (Lipinski definition) is 3. The van der Waals surface area contributed by atoms with E-state index in [2.05, 4.69) is 15.4 Å². The molecular weight excluding hydrogens is 371 g/mol. The van der Waals surface area contributed by atoms with Gasteiger partial charge in [0, 0.05) is 25.2 Å². The number of amides is 1. The number of alkyl halides is 3. The third-order valence-electron chi connectivity index (χ3n) is 4.34. The largest absolute Gasteiger partial charge is 0.449 e. The topological polar surface area (TPSA) is 64.7 Å². The number of nitrogens with zero attached hydrogens (tertiary/aromatic N) is 4. The zero-order chi connectivity index (χ0) is 20.3. The van der Waals surface area contributed by atoms with Gasteiger partial charge in [0.1, 0.15) is 0 Å². The first-order valence-corrected chi connectivity index (χ1v) is 9.06. The van der Waals surface area contributed by atoms with Crippen LogP contribution >= 0.6 is 0 Å². The average molecular weight is 393 g/mol. The van der Waals surface area contributed by atoms with E-state index in [4.69, 9.17) is 0 Å². The molecule has 1 unspecified atom stereocenters. The van der Waals surface area contributed by atoms with Crippen LogP contribution in [0.15, 0.2) is 36.5 Å². The highest BCUT2D eigenvalue weighted by Gasteiger charge is 2.37. The monoisotopic (exact) mass is 393 g/mol. The van der Waals surface area contributed by atoms with Crippen LogP contribution in [-0.2, 0) is 24.1 Å². The van der Waals surface area contributed by atoms with Crippen molar-refractivity contribution in [2.45, 2.75) is 52.0 Å². The maximum atomic E-state index is 13.3. The summed E-state index contributed by atoms with van der Waals surface area (Å²) in [6.07, 6.45) is -2.30. The predicted molar refractivity (Wildman–Crippen MR) is 98.5 cm³/mol. The number of fused-ring (bicyclic) bond motifs is 1. The minimum Gasteiger partial charge on any atom is -0.352 e. The number of para-hydroxylation sites is 2. The van der Waals surface area contributed by atoms with Crippen molar-refractivity contribution in [2.75, 3.05) is 0 Å². The van der Waals surface area contributed by atoms with E-state index < -0.39 is 12.0 Å². The second kappa shape index (κ2) is 8.04. The quantitative estimate of drug-likeness (QED) is 0.668. The highest BCUT2D eigenvalue weighted by Crippen LogP contribution is 2.31. The first kappa shape index (κ1) is 19.9. The smallest absolute Gasteiger partial charge is 0.352 e. The van der Waals surface area contributed by atoms with Gasteiger partial charge in [0.25, 0.3) is 0 Å². The molecule has 2 aromatic heterocycles. The Morgan fingerprint density at radius 1 is 1.25 bits per heavy atom. The van der Waals surface area contributed by atoms with E-state index in [-0.39, 0.29) is 31.3 Å². The fraction of sp³-hybridized carbons (Fsp3) is 0.421. The third kappa shape index (κ3) is 4.71. The Bertz CT molecular complexity index is 960. The fourth-order valence-corrected chi connectivity index (χ4v) is 3.15. The van der Waals surface area contributed by atoms with Gasteiger partial charge in [-0.15, -0.1) is 0 Å². The summed E-state index contributed by atoms with van der Waals surface area (Å²) in [5.41, 5.74) is 1.60. The van der Waals surface area contributed by atoms with Crippen molar-refractivity contribution in [2.24, 2.45) is 0 Å². The average Bonchev–Trinajstić information content (AvgIpc) is 3.18. The summed E-state index contributed by atoms with van der Waals surface area (Å²) in [6, 6.07) is 8.22. The number of carbonyl (C=O) groups excluding carboxylic acids is 1. The Morgan fingerprint density at radius 3 is 2.68 bits per heavy atom. The molecule has 3 aromatic rings. The van der Waals surface area contributed by atoms with E-state index in [0.29, 0.717) is 17.6 Å². The molecule has 3 rings (SSSR count). The molecule has 0 radical (unpaired) electrons. The molecule has 0 aliphatic carbocycles. The van der Waals surface area contributed by atoms with Gasteiger partial charge in [0.2, 0.25) is 11.7 Å². The van der Waals surface area contributed by atoms with Crippen molar-refractivity contribution in [3.05, 3.63) is 48.0 Å². The molecule has 1 amide bonds. The van der Waals surface area contributed by atoms with Crippen LogP contribution in [-0.4, -0.2) is 31.3 Å². The van der Waals surface area contributed by atoms with Gasteiger partial charge < -0.3 is 9.88 Å². The Morgan fingerprint density at radius 2 is 2.00 bits per heavy atom. The SMILES string of the molecule is Cc1ccn(CC(C)NC(=O)CCCn2c(C(F)(F)F)nc3ccccc32)n1. The van der Waals surface area contributed by atoms with Crippen molar-refractivity contribution >= 4 is 16.9 Å². The van der Waals surface area contributed by atoms with Crippen molar-refractivity contribution in [1.29, 1.82) is 0 Å². The van der Waals surface area contributed by atoms with E-state index >= 15 is 0 Å². The molecule has 9 heteroatoms. The van der Waals surface area contributed by atoms with Crippen LogP contribution in [0.3, 0.4) is 0 Å². The summed E-state index contributed by atoms with van der Waals surface area (Å²) in [4.78, 5) is 15.8. The molecule has 0 fully saturated rings. The number of aromatic nitrogens is 4. The van der Waals surface area contributed by atoms with Gasteiger partial charge in [-0.1, -0.05) is 12.1 Å². The fourth-order valence-electron chi connectivity index (χ4n) is 3.15. The lowest BCUT2D eigenvalue weighted by atomic mass is 10.2. The second-order valence-corrected chi connectivity index (χ2v) is 6.82. The van der Waals surface area contributed by atoms with E-state index in [1.807, 2.05) is 26.1 Å². The molecule has 2 heterocycles. The number of rotatable bonds is 7. The van der Waals surface area contributed by atoms with Gasteiger partial charge in [-0.25, -0.2) is 4.98 Å². The number of hydrogen-bond donors (Lipinski definition) is 1. The van der Waals surface area contributed by atoms with E-state index in [1.165, 1.54) is 0 Å². The highest BCUT2D eigenvalue weighted by atomic mass is 19.4. The molecule has 0 spiro atoms. The van der Waals surface area contributed by atoms with Crippen LogP contribution < -0.4 is 5.32 Å². The number of nitrogens with one attached hydrogen (secondary N) is 1. The molecule has 1 N–H and O–H groups in total. The first-order chi connectivity index (χ1) is 13.2. The summed E-state index contributed by atoms with van der Waals surface area (Å²) in [5.74, 6) is -1.13. The van der Waals surface area contributed by atoms with Gasteiger partial charge in [-0.3, -0.25) is 9.48 Å². The molecule has 28 heavy (non-hydrogen) atoms. The van der Waals surface area contributed by atoms with E-state index in [9.17, 15) is 18.0 Å². The molecule has 0 aliphatic heterocycles. The Kier molecular flexibility index (Phi) is 5.71. The molecule has 1 atom stereocenters. The number of carbonyl (C=O) groups is 1. The van der Waals surface area contributed by atoms with Crippen LogP contribution in [0.2, 0.25) is 0 Å². The Hall–Kier alpha value is -2.84. The lowest BCUT2D eigenvalue weighted by Crippen LogP contribution is -2.35. The standard InChI is InChI=1S/C19H22F3N5O/c1-13-9-11-26(25-13)12-14(2)23-17(28)8-5-10-27-16-7-4-3-6-15(16)24-18(27)19(20,21)22/h3-4,6-7,9,11,14H,5,8,10,12H2,1-2H3,(H,23,28). The summed E-state index contributed by atoms with van der Waals surface area (Å²) in [7, 11) is 0. The third-order valence-corrected chi connectivity index (χ3v) is 4.34. The zero-order valence-corrected chi connectivity index (χ0v) is 15.7. The first-order valence-electron chi connectivity index (χ1n) is 9.06. The van der Waals surface area contributed by atoms with Crippen LogP contribution in [0, 0.1) is 6.92 Å². The minimum atomic E-state index is -4.54. The Labute approximate surface area is 160 Å². The highest BCUT2D eigenvalue weighted by molar-refractivity contribution is 5.77. The predicted octanol–water partition coefficient (Wildman–Crippen LogP) is 3.55. The summed E-state index contributed by atoms with van der Waals surface area (Å²) in [6.45, 7) is 4.34. The summed E-state index contributed by atoms with van der Waals surface area (Å²) >= 11 is 0. The van der Waals surface area contributed by atoms with Crippen LogP contribution in [0.4, 0.5) is 13.2 Å². The number of aryl methyl sites for hydroxylation is 2. The molecule has 6 nitrogen and oxygen atoms in total. The maximum absolute atomic E-state index is 13.3. The second-order valence-electron chi connectivity index (χ2n) is 6.82. The molecule has 150 valence electrons. The van der Waals surface area contributed by atoms with Gasteiger partial charge in [0.15, 0.2) is 0 Å². The number of halogens is 3. The van der Waals surface area contributed by atoms with Gasteiger partial charge >= 0.3 is 6.18 Å². The molecule has 0 aliphatic rings. The van der Waals surface area contributed by atoms with Crippen molar-refractivity contribution in [3.63, 3.8) is 0 Å². The van der Waals surface area contributed by atoms with Crippen LogP contribution in [0.1, 0.15) is 31.3 Å². The maximum Gasteiger partial charge on any atom is 0.449 e. The molecule has 0 bridgehead atoms.